The van der Waals surface area contributed by atoms with E-state index < -0.39 is 75.6 Å². The molecule has 91 heavy (non-hydrogen) atoms. The topological polar surface area (TPSA) is 240 Å². The Morgan fingerprint density at radius 2 is 0.659 bits per heavy atom. The molecule has 10 aromatic carbocycles. The fourth-order valence-corrected chi connectivity index (χ4v) is 17.8. The Morgan fingerprint density at radius 1 is 0.363 bits per heavy atom. The van der Waals surface area contributed by atoms with Crippen LogP contribution in [0.5, 0.6) is 0 Å². The van der Waals surface area contributed by atoms with Crippen LogP contribution in [0.15, 0.2) is 279 Å². The zero-order valence-electron chi connectivity index (χ0n) is 50.1. The molecule has 0 saturated carbocycles. The van der Waals surface area contributed by atoms with Crippen molar-refractivity contribution in [3.05, 3.63) is 307 Å². The first-order valence-electron chi connectivity index (χ1n) is 28.8. The van der Waals surface area contributed by atoms with Crippen LogP contribution in [-0.2, 0) is 19.2 Å². The second-order valence-electron chi connectivity index (χ2n) is 19.8. The number of carbonyl (C=O) groups excluding carboxylic acids is 8. The summed E-state index contributed by atoms with van der Waals surface area (Å²) in [5.41, 5.74) is 6.95. The number of anilines is 5. The molecule has 0 radical (unpaired) electrons. The number of nitrogens with zero attached hydrogens (tertiary/aromatic N) is 1. The van der Waals surface area contributed by atoms with E-state index in [0.717, 1.165) is 18.8 Å². The van der Waals surface area contributed by atoms with Crippen molar-refractivity contribution < 1.29 is 48.4 Å². The number of hydrogen-bond donors (Lipinski definition) is 7. The van der Waals surface area contributed by atoms with Crippen LogP contribution in [0.4, 0.5) is 28.4 Å². The molecule has 4 amide bonds. The number of para-hydroxylation sites is 5. The van der Waals surface area contributed by atoms with E-state index in [4.69, 9.17) is 10.0 Å². The van der Waals surface area contributed by atoms with Gasteiger partial charge in [-0.2, -0.15) is 0 Å². The number of fused-ring (bicyclic) bond motifs is 4. The van der Waals surface area contributed by atoms with Gasteiger partial charge in [0, 0.05) is 18.8 Å². The van der Waals surface area contributed by atoms with Crippen molar-refractivity contribution in [3.8, 4) is 0 Å². The minimum atomic E-state index is -2.06. The average Bonchev–Trinajstić information content (AvgIpc) is 1.82. The molecule has 18 heteroatoms. The quantitative estimate of drug-likeness (QED) is 0.0435. The molecule has 0 spiro atoms. The van der Waals surface area contributed by atoms with Gasteiger partial charge in [-0.3, -0.25) is 43.3 Å². The molecule has 7 N–H and O–H groups in total. The number of ketones is 4. The third-order valence-electron chi connectivity index (χ3n) is 13.4. The Bertz CT molecular complexity index is 3800. The fourth-order valence-electron chi connectivity index (χ4n) is 8.88. The second kappa shape index (κ2) is 35.5. The first-order valence-corrected chi connectivity index (χ1v) is 34.0. The van der Waals surface area contributed by atoms with Crippen LogP contribution in [-0.4, -0.2) is 113 Å². The second-order valence-corrected chi connectivity index (χ2v) is 28.4. The Balaban J connectivity index is 0.000000152. The molecule has 0 aliphatic carbocycles. The summed E-state index contributed by atoms with van der Waals surface area (Å²) in [5.74, 6) is -3.87. The molecule has 4 aliphatic rings. The normalized spacial score (nSPS) is 12.3. The Kier molecular flexibility index (Phi) is 26.6. The van der Waals surface area contributed by atoms with Gasteiger partial charge in [0.2, 0.25) is 0 Å². The van der Waals surface area contributed by atoms with Crippen molar-refractivity contribution in [1.29, 1.82) is 0 Å². The number of benzene rings is 10. The number of hydrogen-bond acceptors (Lipinski definition) is 12. The molecular formula is C73H66BBiN6O10. The van der Waals surface area contributed by atoms with Gasteiger partial charge in [-0.1, -0.05) is 133 Å². The van der Waals surface area contributed by atoms with Gasteiger partial charge in [0.05, 0.1) is 45.0 Å². The number of amides is 4. The van der Waals surface area contributed by atoms with E-state index in [1.165, 1.54) is 20.3 Å². The van der Waals surface area contributed by atoms with Crippen molar-refractivity contribution in [2.45, 2.75) is 6.92 Å². The third kappa shape index (κ3) is 19.5. The minimum absolute atomic E-state index is 0.440. The number of aryl methyl sites for hydroxylation is 1. The molecular weight excluding hydrogens is 1340 g/mol. The van der Waals surface area contributed by atoms with Crippen molar-refractivity contribution in [2.75, 3.05) is 48.0 Å². The van der Waals surface area contributed by atoms with Crippen LogP contribution in [0.1, 0.15) is 47.0 Å². The number of carbonyl (C=O) groups is 8. The van der Waals surface area contributed by atoms with Crippen LogP contribution >= 0.6 is 0 Å². The number of Topliss-reactive ketones (excluding diaryl/α,β-unsaturated/α-hetero) is 4. The van der Waals surface area contributed by atoms with Crippen molar-refractivity contribution in [3.63, 3.8) is 0 Å². The van der Waals surface area contributed by atoms with E-state index >= 15 is 0 Å². The van der Waals surface area contributed by atoms with Crippen molar-refractivity contribution >= 4 is 119 Å². The molecule has 0 atom stereocenters. The maximum absolute atomic E-state index is 11.9. The first kappa shape index (κ1) is 68.0. The van der Waals surface area contributed by atoms with Crippen LogP contribution in [0.2, 0.25) is 0 Å². The summed E-state index contributed by atoms with van der Waals surface area (Å²) in [6.45, 7) is 4.19. The van der Waals surface area contributed by atoms with Crippen molar-refractivity contribution in [1.82, 2.24) is 10.6 Å². The van der Waals surface area contributed by atoms with Crippen LogP contribution in [0.3, 0.4) is 0 Å². The average molecular weight is 1410 g/mol. The van der Waals surface area contributed by atoms with Crippen LogP contribution in [0, 0.1) is 6.92 Å². The number of nitrogens with one attached hydrogen (secondary N) is 5. The van der Waals surface area contributed by atoms with Crippen molar-refractivity contribution in [2.24, 2.45) is 0 Å². The standard InChI is InChI=1S/C14H9NO2.3C8H5NO2.C7H8.C6H7BO2.3C6H5.C4H12N2.Bi/c16-13-11-8-4-5-9-12(11)15(14(13)17)10-6-2-1-3-7-10;3*10-7-5-3-1-2-4-6(5)9-8(7)11;1-7-5-3-2-4-6-7;8-7(9)6-4-2-1-3-5-6;3*1-2-4-6-5-3-1;1-5-3-4-6-2;/h1-9H;3*1-4H,(H,9,10,11);2-6H,1H3;1-5,8-9H;3*1-5H;5-6H,3-4H2,1-2H3;. The molecule has 0 aromatic heterocycles. The summed E-state index contributed by atoms with van der Waals surface area (Å²) in [6.07, 6.45) is 0. The van der Waals surface area contributed by atoms with E-state index in [0.29, 0.717) is 50.5 Å². The van der Waals surface area contributed by atoms with E-state index in [9.17, 15) is 38.4 Å². The molecule has 456 valence electrons. The SMILES string of the molecule is CNCCNC.Cc1ccccc1.O=C1C(=O)N(c2ccccc2)c2ccccc21.O=C1Nc2ccccc2C1=O.O=C1Nc2ccccc2C1=O.O=C1Nc2ccccc2C1=O.OB(O)c1ccccc1.c1cc[c]([Bi]([c]2ccccc2)[c]2ccccc2)cc1. The molecule has 16 nitrogen and oxygen atoms in total. The van der Waals surface area contributed by atoms with E-state index in [1.807, 2.05) is 74.8 Å². The summed E-state index contributed by atoms with van der Waals surface area (Å²) in [6, 6.07) is 88.7. The van der Waals surface area contributed by atoms with Gasteiger partial charge in [-0.05, 0) is 87.1 Å². The fraction of sp³-hybridized carbons (Fsp3) is 0.0685. The molecule has 0 saturated heterocycles. The molecule has 4 heterocycles. The predicted molar refractivity (Wildman–Crippen MR) is 362 cm³/mol. The monoisotopic (exact) mass is 1410 g/mol. The Hall–Kier alpha value is -10.5. The van der Waals surface area contributed by atoms with Gasteiger partial charge in [0.1, 0.15) is 0 Å². The van der Waals surface area contributed by atoms with Gasteiger partial charge in [0.15, 0.2) is 0 Å². The molecule has 0 bridgehead atoms. The van der Waals surface area contributed by atoms with Gasteiger partial charge >= 0.3 is 136 Å². The molecule has 14 rings (SSSR count). The number of rotatable bonds is 8. The van der Waals surface area contributed by atoms with Crippen LogP contribution in [0.25, 0.3) is 0 Å². The summed E-state index contributed by atoms with van der Waals surface area (Å²) in [4.78, 5) is 90.4. The maximum atomic E-state index is 11.9. The van der Waals surface area contributed by atoms with E-state index in [1.54, 1.807) is 115 Å². The van der Waals surface area contributed by atoms with Crippen LogP contribution < -0.4 is 46.8 Å². The summed E-state index contributed by atoms with van der Waals surface area (Å²) >= 11 is -2.06. The molecule has 0 fully saturated rings. The van der Waals surface area contributed by atoms with E-state index in [2.05, 4.69) is 137 Å². The first-order chi connectivity index (χ1) is 44.2. The van der Waals surface area contributed by atoms with E-state index in [-0.39, 0.29) is 0 Å². The molecule has 4 aliphatic heterocycles. The van der Waals surface area contributed by atoms with Gasteiger partial charge in [0.25, 0.3) is 40.9 Å². The summed E-state index contributed by atoms with van der Waals surface area (Å²) in [7, 11) is 2.54. The summed E-state index contributed by atoms with van der Waals surface area (Å²) in [5, 5.41) is 30.5. The number of likely N-dealkylation sites (N-methyl/N-ethyl adjacent to an activating group) is 2. The Labute approximate surface area is 536 Å². The molecule has 0 unspecified atom stereocenters. The predicted octanol–water partition coefficient (Wildman–Crippen LogP) is 8.00. The van der Waals surface area contributed by atoms with Gasteiger partial charge in [-0.15, -0.1) is 0 Å². The zero-order chi connectivity index (χ0) is 64.9. The molecule has 10 aromatic rings. The van der Waals surface area contributed by atoms with Gasteiger partial charge < -0.3 is 36.6 Å². The van der Waals surface area contributed by atoms with Gasteiger partial charge in [-0.25, -0.2) is 0 Å². The Morgan fingerprint density at radius 3 is 0.967 bits per heavy atom. The summed E-state index contributed by atoms with van der Waals surface area (Å²) < 4.78 is 4.61. The third-order valence-corrected chi connectivity index (χ3v) is 22.9. The zero-order valence-corrected chi connectivity index (χ0v) is 53.6.